The molecule has 0 spiro atoms. The van der Waals surface area contributed by atoms with Crippen LogP contribution in [-0.2, 0) is 19.0 Å². The number of carboxylic acid groups (broad SMARTS) is 1. The number of nitrogens with one attached hydrogen (secondary N) is 2. The number of amides is 2. The number of benzene rings is 2. The zero-order valence-electron chi connectivity index (χ0n) is 21.2. The van der Waals surface area contributed by atoms with Crippen LogP contribution in [0.1, 0.15) is 24.6 Å². The molecule has 2 fully saturated rings. The third-order valence-corrected chi connectivity index (χ3v) is 6.65. The summed E-state index contributed by atoms with van der Waals surface area (Å²) in [7, 11) is 0. The van der Waals surface area contributed by atoms with Crippen molar-refractivity contribution in [2.45, 2.75) is 43.7 Å². The van der Waals surface area contributed by atoms with Crippen LogP contribution in [0.25, 0.3) is 17.2 Å². The van der Waals surface area contributed by atoms with Crippen LogP contribution in [0.2, 0.25) is 0 Å². The second-order valence-electron chi connectivity index (χ2n) is 9.33. The maximum Gasteiger partial charge on any atom is 0.324 e. The first-order chi connectivity index (χ1) is 19.5. The van der Waals surface area contributed by atoms with Gasteiger partial charge in [-0.1, -0.05) is 54.6 Å². The molecular formula is C28H26N6O6. The molecule has 2 aliphatic heterocycles. The van der Waals surface area contributed by atoms with E-state index >= 15 is 0 Å². The Balaban J connectivity index is 1.23. The quantitative estimate of drug-likeness (QED) is 0.300. The number of nitrogens with zero attached hydrogens (tertiary/aromatic N) is 4. The van der Waals surface area contributed by atoms with E-state index in [-0.39, 0.29) is 18.7 Å². The summed E-state index contributed by atoms with van der Waals surface area (Å²) in [5.74, 6) is -0.699. The van der Waals surface area contributed by atoms with Gasteiger partial charge in [0.1, 0.15) is 18.5 Å². The van der Waals surface area contributed by atoms with Crippen molar-refractivity contribution in [3.63, 3.8) is 0 Å². The lowest BCUT2D eigenvalue weighted by molar-refractivity contribution is -0.141. The number of ether oxygens (including phenoxy) is 3. The molecule has 2 saturated heterocycles. The molecule has 0 saturated carbocycles. The summed E-state index contributed by atoms with van der Waals surface area (Å²) < 4.78 is 20.4. The largest absolute Gasteiger partial charge is 0.481 e. The highest BCUT2D eigenvalue weighted by molar-refractivity contribution is 6.02. The van der Waals surface area contributed by atoms with Crippen LogP contribution in [-0.4, -0.2) is 61.2 Å². The number of anilines is 2. The smallest absolute Gasteiger partial charge is 0.324 e. The molecule has 4 heterocycles. The number of aromatic nitrogens is 4. The number of hydrogen-bond acceptors (Lipinski definition) is 8. The summed E-state index contributed by atoms with van der Waals surface area (Å²) in [6.07, 6.45) is 3.87. The number of imidazole rings is 1. The molecule has 2 aromatic carbocycles. The molecule has 3 N–H and O–H groups in total. The molecule has 1 unspecified atom stereocenters. The minimum Gasteiger partial charge on any atom is -0.481 e. The highest BCUT2D eigenvalue weighted by Gasteiger charge is 2.53. The monoisotopic (exact) mass is 542 g/mol. The SMILES string of the molecule is O=C(O)CC[C@H]1O[C@@H](n2cnc3c(NC(=O)Nc4ccccc4)ncnc32)C2O[C@@H](/C=C/c3ccccc3)O[C@H]21. The van der Waals surface area contributed by atoms with Gasteiger partial charge in [0.2, 0.25) is 0 Å². The van der Waals surface area contributed by atoms with Crippen LogP contribution in [0, 0.1) is 0 Å². The van der Waals surface area contributed by atoms with Crippen LogP contribution in [0.3, 0.4) is 0 Å². The molecule has 2 amide bonds. The summed E-state index contributed by atoms with van der Waals surface area (Å²) in [5.41, 5.74) is 2.40. The van der Waals surface area contributed by atoms with E-state index in [2.05, 4.69) is 25.6 Å². The molecule has 204 valence electrons. The van der Waals surface area contributed by atoms with Crippen molar-refractivity contribution in [1.29, 1.82) is 0 Å². The fraction of sp³-hybridized carbons (Fsp3) is 0.250. The van der Waals surface area contributed by atoms with Crippen molar-refractivity contribution in [1.82, 2.24) is 19.5 Å². The summed E-state index contributed by atoms with van der Waals surface area (Å²) in [5, 5.41) is 14.7. The number of para-hydroxylation sites is 1. The Morgan fingerprint density at radius 2 is 1.68 bits per heavy atom. The lowest BCUT2D eigenvalue weighted by atomic mass is 10.1. The molecule has 6 rings (SSSR count). The number of rotatable bonds is 8. The summed E-state index contributed by atoms with van der Waals surface area (Å²) in [6.45, 7) is 0. The maximum absolute atomic E-state index is 12.6. The molecule has 0 bridgehead atoms. The van der Waals surface area contributed by atoms with E-state index < -0.39 is 42.8 Å². The van der Waals surface area contributed by atoms with Gasteiger partial charge in [-0.05, 0) is 30.2 Å². The van der Waals surface area contributed by atoms with Crippen molar-refractivity contribution in [2.75, 3.05) is 10.6 Å². The van der Waals surface area contributed by atoms with E-state index in [1.165, 1.54) is 12.7 Å². The van der Waals surface area contributed by atoms with Gasteiger partial charge >= 0.3 is 12.0 Å². The zero-order valence-corrected chi connectivity index (χ0v) is 21.2. The molecule has 12 nitrogen and oxygen atoms in total. The van der Waals surface area contributed by atoms with Gasteiger partial charge in [-0.15, -0.1) is 0 Å². The number of urea groups is 1. The third kappa shape index (κ3) is 5.41. The molecule has 0 aliphatic carbocycles. The molecule has 12 heteroatoms. The van der Waals surface area contributed by atoms with Crippen LogP contribution < -0.4 is 10.6 Å². The van der Waals surface area contributed by atoms with Crippen molar-refractivity contribution >= 4 is 40.7 Å². The second-order valence-corrected chi connectivity index (χ2v) is 9.33. The molecule has 4 aromatic rings. The first kappa shape index (κ1) is 25.6. The predicted octanol–water partition coefficient (Wildman–Crippen LogP) is 4.06. The Kier molecular flexibility index (Phi) is 7.19. The van der Waals surface area contributed by atoms with Crippen LogP contribution in [0.15, 0.2) is 79.4 Å². The second kappa shape index (κ2) is 11.2. The van der Waals surface area contributed by atoms with Gasteiger partial charge in [0, 0.05) is 12.1 Å². The van der Waals surface area contributed by atoms with Crippen LogP contribution >= 0.6 is 0 Å². The highest BCUT2D eigenvalue weighted by atomic mass is 16.8. The van der Waals surface area contributed by atoms with E-state index in [0.717, 1.165) is 5.56 Å². The minimum atomic E-state index is -0.923. The normalized spacial score (nSPS) is 23.9. The van der Waals surface area contributed by atoms with Crippen molar-refractivity contribution < 1.29 is 28.9 Å². The fourth-order valence-electron chi connectivity index (χ4n) is 4.85. The van der Waals surface area contributed by atoms with Gasteiger partial charge in [0.15, 0.2) is 29.5 Å². The molecule has 2 aliphatic rings. The third-order valence-electron chi connectivity index (χ3n) is 6.65. The van der Waals surface area contributed by atoms with Crippen LogP contribution in [0.4, 0.5) is 16.3 Å². The number of fused-ring (bicyclic) bond motifs is 2. The van der Waals surface area contributed by atoms with Gasteiger partial charge in [-0.25, -0.2) is 19.7 Å². The van der Waals surface area contributed by atoms with Crippen molar-refractivity contribution in [3.05, 3.63) is 85.0 Å². The summed E-state index contributed by atoms with van der Waals surface area (Å²) in [4.78, 5) is 36.9. The Morgan fingerprint density at radius 3 is 2.45 bits per heavy atom. The van der Waals surface area contributed by atoms with E-state index in [1.54, 1.807) is 16.7 Å². The molecule has 0 radical (unpaired) electrons. The predicted molar refractivity (Wildman–Crippen MR) is 144 cm³/mol. The Morgan fingerprint density at radius 1 is 0.925 bits per heavy atom. The number of carboxylic acids is 1. The van der Waals surface area contributed by atoms with Gasteiger partial charge in [0.05, 0.1) is 12.4 Å². The summed E-state index contributed by atoms with van der Waals surface area (Å²) >= 11 is 0. The minimum absolute atomic E-state index is 0.0775. The van der Waals surface area contributed by atoms with Crippen molar-refractivity contribution in [2.24, 2.45) is 0 Å². The first-order valence-electron chi connectivity index (χ1n) is 12.8. The van der Waals surface area contributed by atoms with E-state index in [0.29, 0.717) is 16.9 Å². The van der Waals surface area contributed by atoms with Crippen molar-refractivity contribution in [3.8, 4) is 0 Å². The standard InChI is InChI=1S/C28H26N6O6/c35-20(36)13-12-19-23-24(40-21(39-23)14-11-17-7-3-1-4-8-17)27(38-19)34-16-31-22-25(29-15-30-26(22)34)33-28(37)32-18-9-5-2-6-10-18/h1-11,14-16,19,21,23-24,27H,12-13H2,(H,35,36)(H2,29,30,32,33,37)/b14-11+/t19-,21+,23+,24?,27-/m1/s1. The van der Waals surface area contributed by atoms with Gasteiger partial charge in [-0.2, -0.15) is 0 Å². The average molecular weight is 543 g/mol. The van der Waals surface area contributed by atoms with Gasteiger partial charge in [-0.3, -0.25) is 14.7 Å². The van der Waals surface area contributed by atoms with E-state index in [4.69, 9.17) is 14.2 Å². The summed E-state index contributed by atoms with van der Waals surface area (Å²) in [6, 6.07) is 18.3. The van der Waals surface area contributed by atoms with Crippen LogP contribution in [0.5, 0.6) is 0 Å². The Hall–Kier alpha value is -4.65. The fourth-order valence-corrected chi connectivity index (χ4v) is 4.85. The average Bonchev–Trinajstić information content (AvgIpc) is 3.66. The Bertz CT molecular complexity index is 1530. The molecule has 5 atom stereocenters. The number of carbonyl (C=O) groups excluding carboxylic acids is 1. The highest BCUT2D eigenvalue weighted by Crippen LogP contribution is 2.42. The number of hydrogen-bond donors (Lipinski definition) is 3. The number of aliphatic carboxylic acids is 1. The Labute approximate surface area is 228 Å². The zero-order chi connectivity index (χ0) is 27.5. The maximum atomic E-state index is 12.6. The number of carbonyl (C=O) groups is 2. The molecular weight excluding hydrogens is 516 g/mol. The topological polar surface area (TPSA) is 150 Å². The van der Waals surface area contributed by atoms with E-state index in [9.17, 15) is 14.7 Å². The van der Waals surface area contributed by atoms with Gasteiger partial charge < -0.3 is 24.6 Å². The lowest BCUT2D eigenvalue weighted by Gasteiger charge is -2.20. The first-order valence-corrected chi connectivity index (χ1v) is 12.8. The lowest BCUT2D eigenvalue weighted by Crippen LogP contribution is -2.29. The molecule has 2 aromatic heterocycles. The van der Waals surface area contributed by atoms with Gasteiger partial charge in [0.25, 0.3) is 0 Å². The van der Waals surface area contributed by atoms with E-state index in [1.807, 2.05) is 60.7 Å². The molecule has 40 heavy (non-hydrogen) atoms.